The average molecular weight is 727 g/mol. The number of ether oxygens (including phenoxy) is 3. The molecule has 0 bridgehead atoms. The number of H-pyrrole nitrogens is 1. The van der Waals surface area contributed by atoms with Gasteiger partial charge in [-0.05, 0) is 97.4 Å². The highest BCUT2D eigenvalue weighted by Gasteiger charge is 2.26. The summed E-state index contributed by atoms with van der Waals surface area (Å²) in [5, 5.41) is 4.93. The number of halogens is 3. The molecule has 0 radical (unpaired) electrons. The van der Waals surface area contributed by atoms with Crippen molar-refractivity contribution in [3.05, 3.63) is 120 Å². The summed E-state index contributed by atoms with van der Waals surface area (Å²) in [5.41, 5.74) is 6.93. The Hall–Kier alpha value is -2.78. The van der Waals surface area contributed by atoms with Crippen LogP contribution in [0.25, 0.3) is 10.9 Å². The lowest BCUT2D eigenvalue weighted by atomic mass is 9.93. The first kappa shape index (κ1) is 27.4. The third-order valence-corrected chi connectivity index (χ3v) is 8.78. The second-order valence-corrected chi connectivity index (χ2v) is 12.3. The van der Waals surface area contributed by atoms with E-state index in [1.54, 1.807) is 7.11 Å². The minimum Gasteiger partial charge on any atom is -0.496 e. The molecule has 0 saturated carbocycles. The first-order chi connectivity index (χ1) is 19.5. The van der Waals surface area contributed by atoms with E-state index in [1.165, 1.54) is 16.6 Å². The quantitative estimate of drug-likeness (QED) is 0.168. The van der Waals surface area contributed by atoms with Gasteiger partial charge in [0.05, 0.1) is 22.1 Å². The lowest BCUT2D eigenvalue weighted by molar-refractivity contribution is 0.293. The van der Waals surface area contributed by atoms with Gasteiger partial charge in [-0.3, -0.25) is 0 Å². The molecule has 1 aliphatic rings. The molecule has 5 aromatic rings. The Kier molecular flexibility index (Phi) is 8.21. The van der Waals surface area contributed by atoms with E-state index in [4.69, 9.17) is 14.2 Å². The maximum Gasteiger partial charge on any atom is 0.148 e. The zero-order chi connectivity index (χ0) is 27.6. The number of benzene rings is 4. The van der Waals surface area contributed by atoms with Gasteiger partial charge < -0.3 is 24.5 Å². The van der Waals surface area contributed by atoms with E-state index >= 15 is 0 Å². The Balaban J connectivity index is 1.27. The fraction of sp³-hybridized carbons (Fsp3) is 0.188. The van der Waals surface area contributed by atoms with Gasteiger partial charge in [-0.1, -0.05) is 52.3 Å². The summed E-state index contributed by atoms with van der Waals surface area (Å²) in [6, 6.07) is 26.9. The Morgan fingerprint density at radius 1 is 0.850 bits per heavy atom. The highest BCUT2D eigenvalue weighted by molar-refractivity contribution is 9.11. The van der Waals surface area contributed by atoms with Gasteiger partial charge in [0, 0.05) is 33.2 Å². The number of nitrogens with one attached hydrogen (secondary N) is 2. The first-order valence-corrected chi connectivity index (χ1v) is 15.4. The maximum atomic E-state index is 6.24. The number of fused-ring (bicyclic) bond motifs is 3. The van der Waals surface area contributed by atoms with Crippen LogP contribution in [0.3, 0.4) is 0 Å². The van der Waals surface area contributed by atoms with E-state index in [0.717, 1.165) is 65.8 Å². The van der Waals surface area contributed by atoms with E-state index in [1.807, 2.05) is 42.5 Å². The highest BCUT2D eigenvalue weighted by Crippen LogP contribution is 2.39. The smallest absolute Gasteiger partial charge is 0.148 e. The van der Waals surface area contributed by atoms with Crippen LogP contribution in [-0.2, 0) is 19.6 Å². The molecule has 6 rings (SSSR count). The van der Waals surface area contributed by atoms with Gasteiger partial charge in [0.2, 0.25) is 0 Å². The molecule has 5 nitrogen and oxygen atoms in total. The van der Waals surface area contributed by atoms with Gasteiger partial charge in [-0.15, -0.1) is 0 Å². The number of hydrogen-bond donors (Lipinski definition) is 2. The van der Waals surface area contributed by atoms with E-state index in [2.05, 4.69) is 94.5 Å². The van der Waals surface area contributed by atoms with Crippen LogP contribution >= 0.6 is 47.8 Å². The van der Waals surface area contributed by atoms with Gasteiger partial charge >= 0.3 is 0 Å². The molecule has 8 heteroatoms. The lowest BCUT2D eigenvalue weighted by Crippen LogP contribution is -2.30. The van der Waals surface area contributed by atoms with Crippen LogP contribution in [0, 0.1) is 0 Å². The third-order valence-electron chi connectivity index (χ3n) is 7.14. The number of hydrogen-bond acceptors (Lipinski definition) is 4. The largest absolute Gasteiger partial charge is 0.496 e. The van der Waals surface area contributed by atoms with E-state index in [-0.39, 0.29) is 6.04 Å². The van der Waals surface area contributed by atoms with Gasteiger partial charge in [0.1, 0.15) is 30.5 Å². The molecular formula is C32H27Br3N2O3. The van der Waals surface area contributed by atoms with Crippen molar-refractivity contribution in [2.75, 3.05) is 13.7 Å². The Labute approximate surface area is 258 Å². The molecule has 1 aliphatic heterocycles. The Morgan fingerprint density at radius 2 is 1.65 bits per heavy atom. The molecular weight excluding hydrogens is 700 g/mol. The predicted octanol–water partition coefficient (Wildman–Crippen LogP) is 8.86. The number of methoxy groups -OCH3 is 1. The van der Waals surface area contributed by atoms with E-state index in [9.17, 15) is 0 Å². The van der Waals surface area contributed by atoms with Crippen molar-refractivity contribution < 1.29 is 14.2 Å². The molecule has 204 valence electrons. The van der Waals surface area contributed by atoms with Crippen LogP contribution in [0.5, 0.6) is 17.2 Å². The molecule has 1 aromatic heterocycles. The third kappa shape index (κ3) is 5.68. The van der Waals surface area contributed by atoms with Crippen molar-refractivity contribution >= 4 is 58.7 Å². The molecule has 2 heterocycles. The van der Waals surface area contributed by atoms with Crippen molar-refractivity contribution in [1.29, 1.82) is 0 Å². The van der Waals surface area contributed by atoms with Crippen LogP contribution in [0.4, 0.5) is 0 Å². The van der Waals surface area contributed by atoms with Crippen molar-refractivity contribution in [3.8, 4) is 17.2 Å². The monoisotopic (exact) mass is 724 g/mol. The second kappa shape index (κ2) is 12.0. The van der Waals surface area contributed by atoms with Crippen molar-refractivity contribution in [1.82, 2.24) is 10.3 Å². The van der Waals surface area contributed by atoms with Crippen LogP contribution in [0.2, 0.25) is 0 Å². The molecule has 0 spiro atoms. The molecule has 4 aromatic carbocycles. The molecule has 0 amide bonds. The number of aromatic nitrogens is 1. The fourth-order valence-corrected chi connectivity index (χ4v) is 7.72. The highest BCUT2D eigenvalue weighted by atomic mass is 79.9. The van der Waals surface area contributed by atoms with E-state index < -0.39 is 0 Å². The summed E-state index contributed by atoms with van der Waals surface area (Å²) in [7, 11) is 1.69. The maximum absolute atomic E-state index is 6.24. The molecule has 1 atom stereocenters. The van der Waals surface area contributed by atoms with E-state index in [0.29, 0.717) is 13.2 Å². The standard InChI is InChI=1S/C32H27Br3N2O3/c1-38-29-10-7-20(13-21(29)18-40-32-26(34)14-22(33)15-27(32)35)30-31-24(11-12-36-30)25-16-23(8-9-28(25)37-31)39-17-19-5-3-2-4-6-19/h2-10,13-16,30,36-37H,11-12,17-18H2,1H3/t30-/m1/s1. The summed E-state index contributed by atoms with van der Waals surface area (Å²) in [5.74, 6) is 2.41. The van der Waals surface area contributed by atoms with Crippen LogP contribution in [-0.4, -0.2) is 18.6 Å². The first-order valence-electron chi connectivity index (χ1n) is 13.0. The summed E-state index contributed by atoms with van der Waals surface area (Å²) in [4.78, 5) is 3.69. The Bertz CT molecular complexity index is 1650. The van der Waals surface area contributed by atoms with Crippen molar-refractivity contribution in [3.63, 3.8) is 0 Å². The van der Waals surface area contributed by atoms with Gasteiger partial charge in [0.25, 0.3) is 0 Å². The second-order valence-electron chi connectivity index (χ2n) is 9.69. The molecule has 0 saturated heterocycles. The Morgan fingerprint density at radius 3 is 2.42 bits per heavy atom. The normalized spacial score (nSPS) is 14.7. The summed E-state index contributed by atoms with van der Waals surface area (Å²) in [6.07, 6.45) is 0.950. The number of aromatic amines is 1. The van der Waals surface area contributed by atoms with Gasteiger partial charge in [-0.25, -0.2) is 0 Å². The van der Waals surface area contributed by atoms with Gasteiger partial charge in [0.15, 0.2) is 0 Å². The lowest BCUT2D eigenvalue weighted by Gasteiger charge is -2.26. The van der Waals surface area contributed by atoms with Gasteiger partial charge in [-0.2, -0.15) is 0 Å². The zero-order valence-corrected chi connectivity index (χ0v) is 26.5. The summed E-state index contributed by atoms with van der Waals surface area (Å²) in [6.45, 7) is 1.80. The fourth-order valence-electron chi connectivity index (χ4n) is 5.23. The number of rotatable bonds is 8. The van der Waals surface area contributed by atoms with Crippen molar-refractivity contribution in [2.24, 2.45) is 0 Å². The predicted molar refractivity (Wildman–Crippen MR) is 169 cm³/mol. The zero-order valence-electron chi connectivity index (χ0n) is 21.8. The summed E-state index contributed by atoms with van der Waals surface area (Å²) >= 11 is 10.7. The average Bonchev–Trinajstić information content (AvgIpc) is 3.34. The molecule has 40 heavy (non-hydrogen) atoms. The van der Waals surface area contributed by atoms with Crippen LogP contribution < -0.4 is 19.5 Å². The minimum absolute atomic E-state index is 0.0284. The molecule has 0 unspecified atom stereocenters. The van der Waals surface area contributed by atoms with Crippen LogP contribution in [0.15, 0.2) is 92.3 Å². The topological polar surface area (TPSA) is 55.5 Å². The molecule has 0 fully saturated rings. The molecule has 2 N–H and O–H groups in total. The SMILES string of the molecule is COc1ccc([C@H]2NCCc3c2[nH]c2ccc(OCc4ccccc4)cc32)cc1COc1c(Br)cc(Br)cc1Br. The minimum atomic E-state index is 0.0284. The van der Waals surface area contributed by atoms with Crippen molar-refractivity contribution in [2.45, 2.75) is 25.7 Å². The summed E-state index contributed by atoms with van der Waals surface area (Å²) < 4.78 is 20.8. The van der Waals surface area contributed by atoms with Crippen LogP contribution in [0.1, 0.15) is 34.0 Å². The molecule has 0 aliphatic carbocycles.